The number of hydrogen-bond acceptors (Lipinski definition) is 4. The molecule has 1 heterocycles. The van der Waals surface area contributed by atoms with Gasteiger partial charge in [-0.05, 0) is 0 Å². The van der Waals surface area contributed by atoms with E-state index < -0.39 is 5.97 Å². The molecule has 0 radical (unpaired) electrons. The van der Waals surface area contributed by atoms with Crippen LogP contribution in [0, 0.1) is 11.3 Å². The lowest BCUT2D eigenvalue weighted by atomic mass is 10.3. The molecule has 1 saturated heterocycles. The molecule has 0 bridgehead atoms. The van der Waals surface area contributed by atoms with Gasteiger partial charge in [0.15, 0.2) is 0 Å². The molecule has 0 aliphatic carbocycles. The third-order valence-corrected chi connectivity index (χ3v) is 1.24. The van der Waals surface area contributed by atoms with Crippen LogP contribution in [0.2, 0.25) is 0 Å². The molecule has 0 unspecified atom stereocenters. The van der Waals surface area contributed by atoms with E-state index in [0.717, 1.165) is 5.06 Å². The monoisotopic (exact) mass is 154 g/mol. The first-order valence-corrected chi connectivity index (χ1v) is 3.12. The van der Waals surface area contributed by atoms with Gasteiger partial charge in [-0.1, -0.05) is 0 Å². The molecule has 1 aliphatic heterocycles. The minimum Gasteiger partial charge on any atom is -0.337 e. The van der Waals surface area contributed by atoms with Crippen molar-refractivity contribution in [3.05, 3.63) is 0 Å². The Labute approximate surface area is 63.1 Å². The maximum Gasteiger partial charge on any atom is 0.346 e. The van der Waals surface area contributed by atoms with E-state index in [-0.39, 0.29) is 12.3 Å². The molecule has 1 rings (SSSR count). The summed E-state index contributed by atoms with van der Waals surface area (Å²) in [5.41, 5.74) is 0. The maximum absolute atomic E-state index is 10.6. The van der Waals surface area contributed by atoms with Crippen molar-refractivity contribution in [1.29, 1.82) is 5.26 Å². The topological polar surface area (TPSA) is 70.4 Å². The van der Waals surface area contributed by atoms with Crippen molar-refractivity contribution in [3.8, 4) is 6.07 Å². The fraction of sp³-hybridized carbons (Fsp3) is 0.500. The third kappa shape index (κ3) is 1.67. The summed E-state index contributed by atoms with van der Waals surface area (Å²) in [6, 6.07) is 1.62. The number of nitriles is 1. The molecule has 0 aromatic carbocycles. The summed E-state index contributed by atoms with van der Waals surface area (Å²) in [4.78, 5) is 25.6. The summed E-state index contributed by atoms with van der Waals surface area (Å²) >= 11 is 0. The van der Waals surface area contributed by atoms with Crippen molar-refractivity contribution in [3.63, 3.8) is 0 Å². The lowest BCUT2D eigenvalue weighted by Crippen LogP contribution is -2.44. The average molecular weight is 154 g/mol. The first-order chi connectivity index (χ1) is 5.24. The van der Waals surface area contributed by atoms with Gasteiger partial charge in [0, 0.05) is 0 Å². The zero-order valence-electron chi connectivity index (χ0n) is 5.74. The number of amides is 1. The van der Waals surface area contributed by atoms with E-state index in [1.165, 1.54) is 0 Å². The molecule has 11 heavy (non-hydrogen) atoms. The zero-order chi connectivity index (χ0) is 8.27. The summed E-state index contributed by atoms with van der Waals surface area (Å²) in [7, 11) is 0. The van der Waals surface area contributed by atoms with Crippen LogP contribution < -0.4 is 0 Å². The molecule has 1 amide bonds. The second-order valence-corrected chi connectivity index (χ2v) is 2.04. The van der Waals surface area contributed by atoms with E-state index in [9.17, 15) is 9.59 Å². The first-order valence-electron chi connectivity index (χ1n) is 3.12. The Bertz CT molecular complexity index is 230. The molecule has 0 aromatic heterocycles. The zero-order valence-corrected chi connectivity index (χ0v) is 5.74. The number of carbonyl (C=O) groups is 2. The van der Waals surface area contributed by atoms with Gasteiger partial charge in [0.05, 0.1) is 19.0 Å². The summed E-state index contributed by atoms with van der Waals surface area (Å²) in [6.07, 6.45) is 0.101. The molecule has 0 atom stereocenters. The van der Waals surface area contributed by atoms with E-state index >= 15 is 0 Å². The molecule has 0 aromatic rings. The van der Waals surface area contributed by atoms with Gasteiger partial charge in [-0.3, -0.25) is 4.79 Å². The van der Waals surface area contributed by atoms with Crippen molar-refractivity contribution in [1.82, 2.24) is 5.06 Å². The fourth-order valence-electron chi connectivity index (χ4n) is 0.611. The normalized spacial score (nSPS) is 15.2. The number of hydrogen-bond donors (Lipinski definition) is 0. The molecule has 0 N–H and O–H groups in total. The number of hydroxylamine groups is 2. The van der Waals surface area contributed by atoms with E-state index in [1.54, 1.807) is 6.07 Å². The van der Waals surface area contributed by atoms with Crippen LogP contribution in [-0.2, 0) is 14.4 Å². The summed E-state index contributed by atoms with van der Waals surface area (Å²) in [5.74, 6) is -0.892. The molecule has 0 saturated carbocycles. The lowest BCUT2D eigenvalue weighted by molar-refractivity contribution is -0.211. The summed E-state index contributed by atoms with van der Waals surface area (Å²) in [6.45, 7) is 0.440. The Hall–Kier alpha value is -1.57. The van der Waals surface area contributed by atoms with Gasteiger partial charge in [-0.2, -0.15) is 10.3 Å². The summed E-state index contributed by atoms with van der Waals surface area (Å²) < 4.78 is 0. The molecular formula is C6H6N2O3. The molecule has 5 heteroatoms. The van der Waals surface area contributed by atoms with Crippen molar-refractivity contribution in [2.45, 2.75) is 12.8 Å². The van der Waals surface area contributed by atoms with Gasteiger partial charge in [0.2, 0.25) is 0 Å². The molecule has 58 valence electrons. The highest BCUT2D eigenvalue weighted by atomic mass is 16.7. The predicted molar refractivity (Wildman–Crippen MR) is 32.7 cm³/mol. The van der Waals surface area contributed by atoms with Crippen LogP contribution >= 0.6 is 0 Å². The van der Waals surface area contributed by atoms with Crippen molar-refractivity contribution < 1.29 is 14.4 Å². The van der Waals surface area contributed by atoms with Crippen molar-refractivity contribution >= 4 is 11.9 Å². The SMILES string of the molecule is N#CCC(=O)ON1CCC1=O. The Morgan fingerprint density at radius 1 is 1.82 bits per heavy atom. The van der Waals surface area contributed by atoms with Crippen LogP contribution in [-0.4, -0.2) is 23.5 Å². The lowest BCUT2D eigenvalue weighted by Gasteiger charge is -2.27. The Kier molecular flexibility index (Phi) is 2.06. The van der Waals surface area contributed by atoms with Crippen LogP contribution in [0.15, 0.2) is 0 Å². The van der Waals surface area contributed by atoms with Crippen LogP contribution in [0.5, 0.6) is 0 Å². The fourth-order valence-corrected chi connectivity index (χ4v) is 0.611. The van der Waals surface area contributed by atoms with Gasteiger partial charge in [-0.15, -0.1) is 0 Å². The van der Waals surface area contributed by atoms with Crippen molar-refractivity contribution in [2.24, 2.45) is 0 Å². The van der Waals surface area contributed by atoms with Crippen LogP contribution in [0.3, 0.4) is 0 Å². The first kappa shape index (κ1) is 7.54. The standard InChI is InChI=1S/C6H6N2O3/c7-3-1-6(10)11-8-4-2-5(8)9/h1-2,4H2. The van der Waals surface area contributed by atoms with Gasteiger partial charge < -0.3 is 4.84 Å². The molecule has 1 aliphatic rings. The van der Waals surface area contributed by atoms with Crippen LogP contribution in [0.25, 0.3) is 0 Å². The van der Waals surface area contributed by atoms with Crippen LogP contribution in [0.4, 0.5) is 0 Å². The smallest absolute Gasteiger partial charge is 0.337 e. The largest absolute Gasteiger partial charge is 0.346 e. The van der Waals surface area contributed by atoms with Gasteiger partial charge in [0.1, 0.15) is 6.42 Å². The quantitative estimate of drug-likeness (QED) is 0.507. The van der Waals surface area contributed by atoms with E-state index in [4.69, 9.17) is 5.26 Å². The second-order valence-electron chi connectivity index (χ2n) is 2.04. The minimum atomic E-state index is -0.680. The minimum absolute atomic E-state index is 0.212. The van der Waals surface area contributed by atoms with E-state index in [1.807, 2.05) is 0 Å². The molecule has 0 spiro atoms. The van der Waals surface area contributed by atoms with Gasteiger partial charge in [0.25, 0.3) is 5.91 Å². The molecular weight excluding hydrogens is 148 g/mol. The van der Waals surface area contributed by atoms with Gasteiger partial charge in [-0.25, -0.2) is 4.79 Å². The third-order valence-electron chi connectivity index (χ3n) is 1.24. The van der Waals surface area contributed by atoms with E-state index in [2.05, 4.69) is 4.84 Å². The van der Waals surface area contributed by atoms with Gasteiger partial charge >= 0.3 is 5.97 Å². The van der Waals surface area contributed by atoms with Crippen molar-refractivity contribution in [2.75, 3.05) is 6.54 Å². The Balaban J connectivity index is 2.26. The highest BCUT2D eigenvalue weighted by Gasteiger charge is 2.27. The number of nitrogens with zero attached hydrogens (tertiary/aromatic N) is 2. The number of carbonyl (C=O) groups excluding carboxylic acids is 2. The van der Waals surface area contributed by atoms with E-state index in [0.29, 0.717) is 13.0 Å². The number of β-lactam (4-membered cyclic amide) rings is 1. The predicted octanol–water partition coefficient (Wildman–Crippen LogP) is -0.409. The average Bonchev–Trinajstić information content (AvgIpc) is 1.98. The Morgan fingerprint density at radius 2 is 2.55 bits per heavy atom. The second kappa shape index (κ2) is 3.01. The van der Waals surface area contributed by atoms with Crippen LogP contribution in [0.1, 0.15) is 12.8 Å². The Morgan fingerprint density at radius 3 is 2.91 bits per heavy atom. The highest BCUT2D eigenvalue weighted by Crippen LogP contribution is 2.08. The maximum atomic E-state index is 10.6. The molecule has 1 fully saturated rings. The molecule has 5 nitrogen and oxygen atoms in total. The number of rotatable bonds is 2. The summed E-state index contributed by atoms with van der Waals surface area (Å²) in [5, 5.41) is 9.01. The highest BCUT2D eigenvalue weighted by molar-refractivity contribution is 5.82.